The number of benzene rings is 1. The lowest BCUT2D eigenvalue weighted by Crippen LogP contribution is -2.20. The minimum Gasteiger partial charge on any atom is -0.282 e. The number of hydrogen-bond donors (Lipinski definition) is 1. The molecule has 1 N–H and O–H groups in total. The number of rotatable bonds is 3. The van der Waals surface area contributed by atoms with Gasteiger partial charge in [0, 0.05) is 5.71 Å². The Bertz CT molecular complexity index is 669. The van der Waals surface area contributed by atoms with E-state index in [2.05, 4.69) is 5.10 Å². The molecule has 1 amide bonds. The highest BCUT2D eigenvalue weighted by Gasteiger charge is 2.27. The Labute approximate surface area is 115 Å². The van der Waals surface area contributed by atoms with Crippen molar-refractivity contribution in [2.45, 2.75) is 24.7 Å². The van der Waals surface area contributed by atoms with E-state index < -0.39 is 10.1 Å². The molecule has 19 heavy (non-hydrogen) atoms. The van der Waals surface area contributed by atoms with Crippen LogP contribution in [0, 0.1) is 0 Å². The third kappa shape index (κ3) is 2.78. The van der Waals surface area contributed by atoms with Crippen LogP contribution in [-0.4, -0.2) is 24.6 Å². The maximum atomic E-state index is 11.8. The Kier molecular flexibility index (Phi) is 3.62. The van der Waals surface area contributed by atoms with Crippen LogP contribution >= 0.6 is 11.6 Å². The summed E-state index contributed by atoms with van der Waals surface area (Å²) in [5.74, 6) is -0.286. The molecular weight excluding hydrogens is 292 g/mol. The molecule has 1 aromatic rings. The van der Waals surface area contributed by atoms with Crippen LogP contribution in [0.15, 0.2) is 28.2 Å². The summed E-state index contributed by atoms with van der Waals surface area (Å²) in [5.41, 5.74) is 0.837. The van der Waals surface area contributed by atoms with E-state index >= 15 is 0 Å². The van der Waals surface area contributed by atoms with Gasteiger partial charge < -0.3 is 0 Å². The average Bonchev–Trinajstić information content (AvgIpc) is 2.69. The lowest BCUT2D eigenvalue weighted by Gasteiger charge is -2.14. The third-order valence-corrected chi connectivity index (χ3v) is 3.85. The largest absolute Gasteiger partial charge is 0.294 e. The number of nitrogens with zero attached hydrogens (tertiary/aromatic N) is 2. The first-order valence-electron chi connectivity index (χ1n) is 5.49. The van der Waals surface area contributed by atoms with Crippen molar-refractivity contribution in [1.29, 1.82) is 0 Å². The van der Waals surface area contributed by atoms with E-state index in [0.29, 0.717) is 12.1 Å². The average molecular weight is 303 g/mol. The quantitative estimate of drug-likeness (QED) is 0.866. The fourth-order valence-corrected chi connectivity index (χ4v) is 2.38. The van der Waals surface area contributed by atoms with Crippen molar-refractivity contribution in [1.82, 2.24) is 0 Å². The predicted octanol–water partition coefficient (Wildman–Crippen LogP) is 2.09. The molecule has 1 aromatic carbocycles. The van der Waals surface area contributed by atoms with Gasteiger partial charge in [-0.2, -0.15) is 18.5 Å². The van der Waals surface area contributed by atoms with E-state index in [0.717, 1.165) is 17.1 Å². The molecule has 0 fully saturated rings. The van der Waals surface area contributed by atoms with Crippen molar-refractivity contribution >= 4 is 39.0 Å². The van der Waals surface area contributed by atoms with Crippen LogP contribution in [0.2, 0.25) is 5.02 Å². The van der Waals surface area contributed by atoms with Crippen LogP contribution < -0.4 is 5.01 Å². The number of hydrazone groups is 1. The van der Waals surface area contributed by atoms with Crippen molar-refractivity contribution < 1.29 is 17.8 Å². The van der Waals surface area contributed by atoms with E-state index in [1.807, 2.05) is 6.92 Å². The summed E-state index contributed by atoms with van der Waals surface area (Å²) in [4.78, 5) is 11.5. The Balaban J connectivity index is 2.51. The maximum absolute atomic E-state index is 11.8. The number of carbonyl (C=O) groups excluding carboxylic acids is 1. The zero-order valence-corrected chi connectivity index (χ0v) is 11.6. The van der Waals surface area contributed by atoms with E-state index in [1.54, 1.807) is 0 Å². The lowest BCUT2D eigenvalue weighted by molar-refractivity contribution is -0.116. The van der Waals surface area contributed by atoms with Crippen molar-refractivity contribution in [2.75, 3.05) is 5.01 Å². The van der Waals surface area contributed by atoms with Gasteiger partial charge in [0.25, 0.3) is 16.0 Å². The maximum Gasteiger partial charge on any atom is 0.294 e. The van der Waals surface area contributed by atoms with Gasteiger partial charge in [-0.15, -0.1) is 0 Å². The highest BCUT2D eigenvalue weighted by Crippen LogP contribution is 2.31. The van der Waals surface area contributed by atoms with Crippen molar-refractivity contribution in [3.63, 3.8) is 0 Å². The van der Waals surface area contributed by atoms with Crippen molar-refractivity contribution in [2.24, 2.45) is 5.10 Å². The Morgan fingerprint density at radius 1 is 1.47 bits per heavy atom. The minimum absolute atomic E-state index is 0.144. The molecule has 0 bridgehead atoms. The molecule has 0 aliphatic carbocycles. The fraction of sp³-hybridized carbons (Fsp3) is 0.273. The smallest absolute Gasteiger partial charge is 0.282 e. The molecule has 102 valence electrons. The molecule has 0 atom stereocenters. The van der Waals surface area contributed by atoms with E-state index in [-0.39, 0.29) is 27.9 Å². The van der Waals surface area contributed by atoms with Gasteiger partial charge in [0.05, 0.1) is 22.0 Å². The molecule has 0 aromatic heterocycles. The van der Waals surface area contributed by atoms with Gasteiger partial charge in [0.15, 0.2) is 0 Å². The third-order valence-electron chi connectivity index (χ3n) is 2.68. The van der Waals surface area contributed by atoms with Crippen LogP contribution in [0.5, 0.6) is 0 Å². The summed E-state index contributed by atoms with van der Waals surface area (Å²) >= 11 is 5.94. The minimum atomic E-state index is -4.35. The second kappa shape index (κ2) is 4.92. The van der Waals surface area contributed by atoms with Gasteiger partial charge in [-0.25, -0.2) is 0 Å². The topological polar surface area (TPSA) is 87.0 Å². The van der Waals surface area contributed by atoms with Crippen LogP contribution in [0.3, 0.4) is 0 Å². The van der Waals surface area contributed by atoms with Gasteiger partial charge in [-0.3, -0.25) is 9.35 Å². The lowest BCUT2D eigenvalue weighted by atomic mass is 10.2. The van der Waals surface area contributed by atoms with Crippen LogP contribution in [-0.2, 0) is 14.9 Å². The Morgan fingerprint density at radius 2 is 2.16 bits per heavy atom. The first-order chi connectivity index (χ1) is 8.82. The number of hydrogen-bond acceptors (Lipinski definition) is 4. The second-order valence-electron chi connectivity index (χ2n) is 3.99. The highest BCUT2D eigenvalue weighted by molar-refractivity contribution is 7.85. The predicted molar refractivity (Wildman–Crippen MR) is 71.1 cm³/mol. The van der Waals surface area contributed by atoms with Gasteiger partial charge in [0.1, 0.15) is 0 Å². The van der Waals surface area contributed by atoms with Crippen molar-refractivity contribution in [3.05, 3.63) is 23.2 Å². The van der Waals surface area contributed by atoms with Crippen LogP contribution in [0.25, 0.3) is 0 Å². The molecule has 1 aliphatic heterocycles. The number of carbonyl (C=O) groups is 1. The molecule has 0 unspecified atom stereocenters. The highest BCUT2D eigenvalue weighted by atomic mass is 35.5. The molecule has 0 spiro atoms. The normalized spacial score (nSPS) is 15.8. The van der Waals surface area contributed by atoms with Crippen LogP contribution in [0.4, 0.5) is 5.69 Å². The zero-order chi connectivity index (χ0) is 14.2. The Morgan fingerprint density at radius 3 is 2.68 bits per heavy atom. The molecular formula is C11H11ClN2O4S. The van der Waals surface area contributed by atoms with Crippen LogP contribution in [0.1, 0.15) is 19.8 Å². The Hall–Kier alpha value is -1.44. The molecule has 6 nitrogen and oxygen atoms in total. The zero-order valence-electron chi connectivity index (χ0n) is 10.00. The van der Waals surface area contributed by atoms with Crippen molar-refractivity contribution in [3.8, 4) is 0 Å². The van der Waals surface area contributed by atoms with Gasteiger partial charge in [0.2, 0.25) is 0 Å². The summed E-state index contributed by atoms with van der Waals surface area (Å²) in [6.07, 6.45) is 0.806. The molecule has 0 saturated heterocycles. The van der Waals surface area contributed by atoms with Gasteiger partial charge in [-0.05, 0) is 24.6 Å². The number of halogens is 1. The fourth-order valence-electron chi connectivity index (χ4n) is 1.68. The molecule has 1 aliphatic rings. The standard InChI is InChI=1S/C11H11ClN2O4S/c1-2-7-5-11(15)14(13-7)10-6-8(19(16,17)18)3-4-9(10)12/h3-4,6H,2,5H2,1H3,(H,16,17,18). The molecule has 1 heterocycles. The van der Waals surface area contributed by atoms with Gasteiger partial charge in [-0.1, -0.05) is 18.5 Å². The summed E-state index contributed by atoms with van der Waals surface area (Å²) in [7, 11) is -4.35. The van der Waals surface area contributed by atoms with E-state index in [1.165, 1.54) is 6.07 Å². The molecule has 0 radical (unpaired) electrons. The van der Waals surface area contributed by atoms with E-state index in [9.17, 15) is 13.2 Å². The molecule has 2 rings (SSSR count). The molecule has 8 heteroatoms. The van der Waals surface area contributed by atoms with E-state index in [4.69, 9.17) is 16.2 Å². The SMILES string of the molecule is CCC1=NN(c2cc(S(=O)(=O)O)ccc2Cl)C(=O)C1. The molecule has 0 saturated carbocycles. The first kappa shape index (κ1) is 14.0. The summed E-state index contributed by atoms with van der Waals surface area (Å²) in [5, 5.41) is 5.33. The van der Waals surface area contributed by atoms with Gasteiger partial charge >= 0.3 is 0 Å². The summed E-state index contributed by atoms with van der Waals surface area (Å²) < 4.78 is 31.2. The summed E-state index contributed by atoms with van der Waals surface area (Å²) in [6.45, 7) is 1.87. The summed E-state index contributed by atoms with van der Waals surface area (Å²) in [6, 6.07) is 3.58. The number of amides is 1. The first-order valence-corrected chi connectivity index (χ1v) is 7.31. The monoisotopic (exact) mass is 302 g/mol. The number of anilines is 1. The second-order valence-corrected chi connectivity index (χ2v) is 5.82.